The number of benzene rings is 1. The van der Waals surface area contributed by atoms with Crippen LogP contribution in [0.3, 0.4) is 0 Å². The van der Waals surface area contributed by atoms with Gasteiger partial charge < -0.3 is 10.4 Å². The lowest BCUT2D eigenvalue weighted by Gasteiger charge is -2.31. The number of alkyl halides is 3. The highest BCUT2D eigenvalue weighted by Crippen LogP contribution is 2.48. The molecule has 5 atom stereocenters. The van der Waals surface area contributed by atoms with Gasteiger partial charge >= 0.3 is 12.1 Å². The Morgan fingerprint density at radius 1 is 1.30 bits per heavy atom. The molecule has 1 aromatic rings. The molecule has 4 nitrogen and oxygen atoms in total. The molecule has 0 bridgehead atoms. The Balaban J connectivity index is 1.84. The highest BCUT2D eigenvalue weighted by molar-refractivity contribution is 6.31. The first-order valence-corrected chi connectivity index (χ1v) is 9.80. The van der Waals surface area contributed by atoms with Crippen LogP contribution in [0.25, 0.3) is 0 Å². The molecule has 2 aliphatic carbocycles. The van der Waals surface area contributed by atoms with E-state index >= 15 is 0 Å². The third-order valence-electron chi connectivity index (χ3n) is 5.69. The van der Waals surface area contributed by atoms with E-state index in [0.29, 0.717) is 17.0 Å². The number of hydrogen-bond donors (Lipinski definition) is 2. The number of halogens is 5. The molecule has 162 valence electrons. The largest absolute Gasteiger partial charge is 0.481 e. The standard InChI is InChI=1S/C21H20ClF4NO3/c1-10(21(24,25)26)18(11-2-5-13(22)6-3-11)19(28)27-17-8-12(4-7-16(17)23)14-9-15(14)20(29)30/h2,4-8,10-11,14-15,18H,3,9H2,1H3,(H,27,28)(H,29,30)/t10-,11?,14?,15?,18+/m1/s1. The van der Waals surface area contributed by atoms with Gasteiger partial charge in [-0.15, -0.1) is 0 Å². The van der Waals surface area contributed by atoms with Crippen LogP contribution in [0.5, 0.6) is 0 Å². The van der Waals surface area contributed by atoms with Gasteiger partial charge in [-0.3, -0.25) is 9.59 Å². The summed E-state index contributed by atoms with van der Waals surface area (Å²) in [5.74, 6) is -7.83. The molecule has 9 heteroatoms. The van der Waals surface area contributed by atoms with E-state index in [-0.39, 0.29) is 18.0 Å². The number of carboxylic acids is 1. The van der Waals surface area contributed by atoms with Gasteiger partial charge in [0.1, 0.15) is 5.82 Å². The van der Waals surface area contributed by atoms with Gasteiger partial charge in [0.15, 0.2) is 0 Å². The molecule has 30 heavy (non-hydrogen) atoms. The Morgan fingerprint density at radius 2 is 2.00 bits per heavy atom. The minimum Gasteiger partial charge on any atom is -0.481 e. The van der Waals surface area contributed by atoms with Crippen molar-refractivity contribution >= 4 is 29.2 Å². The maximum absolute atomic E-state index is 14.3. The molecule has 2 aliphatic rings. The van der Waals surface area contributed by atoms with Crippen LogP contribution in [0.4, 0.5) is 23.2 Å². The third-order valence-corrected chi connectivity index (χ3v) is 5.97. The number of nitrogens with one attached hydrogen (secondary N) is 1. The van der Waals surface area contributed by atoms with E-state index < -0.39 is 47.5 Å². The maximum atomic E-state index is 14.3. The molecule has 0 radical (unpaired) electrons. The van der Waals surface area contributed by atoms with Crippen molar-refractivity contribution in [2.75, 3.05) is 5.32 Å². The lowest BCUT2D eigenvalue weighted by molar-refractivity contribution is -0.188. The van der Waals surface area contributed by atoms with Crippen LogP contribution in [-0.2, 0) is 9.59 Å². The number of amides is 1. The average Bonchev–Trinajstić information content (AvgIpc) is 3.45. The fraction of sp³-hybridized carbons (Fsp3) is 0.429. The second kappa shape index (κ2) is 8.41. The Bertz CT molecular complexity index is 912. The zero-order chi connectivity index (χ0) is 22.2. The van der Waals surface area contributed by atoms with E-state index in [2.05, 4.69) is 5.32 Å². The molecule has 1 amide bonds. The van der Waals surface area contributed by atoms with E-state index in [4.69, 9.17) is 16.7 Å². The van der Waals surface area contributed by atoms with Crippen LogP contribution in [0.1, 0.15) is 31.2 Å². The molecule has 2 N–H and O–H groups in total. The zero-order valence-corrected chi connectivity index (χ0v) is 16.7. The molecule has 0 heterocycles. The van der Waals surface area contributed by atoms with Gasteiger partial charge in [0.2, 0.25) is 5.91 Å². The summed E-state index contributed by atoms with van der Waals surface area (Å²) in [4.78, 5) is 23.9. The van der Waals surface area contributed by atoms with Crippen LogP contribution >= 0.6 is 11.6 Å². The predicted octanol–water partition coefficient (Wildman–Crippen LogP) is 5.47. The van der Waals surface area contributed by atoms with E-state index in [9.17, 15) is 27.2 Å². The quantitative estimate of drug-likeness (QED) is 0.571. The number of carbonyl (C=O) groups is 2. The number of aliphatic carboxylic acids is 1. The van der Waals surface area contributed by atoms with Crippen LogP contribution in [0, 0.1) is 29.5 Å². The van der Waals surface area contributed by atoms with Gasteiger partial charge in [0.25, 0.3) is 0 Å². The molecule has 0 saturated heterocycles. The Hall–Kier alpha value is -2.35. The Kier molecular flexibility index (Phi) is 6.26. The summed E-state index contributed by atoms with van der Waals surface area (Å²) in [6.45, 7) is 0.923. The molecular weight excluding hydrogens is 426 g/mol. The normalized spacial score (nSPS) is 25.3. The average molecular weight is 446 g/mol. The molecule has 0 spiro atoms. The number of allylic oxidation sites excluding steroid dienone is 4. The van der Waals surface area contributed by atoms with Crippen molar-refractivity contribution in [1.29, 1.82) is 0 Å². The molecule has 1 aromatic carbocycles. The van der Waals surface area contributed by atoms with Gasteiger partial charge in [-0.05, 0) is 48.4 Å². The van der Waals surface area contributed by atoms with E-state index in [1.54, 1.807) is 0 Å². The first-order valence-electron chi connectivity index (χ1n) is 9.42. The molecular formula is C21H20ClF4NO3. The Labute approximate surface area is 175 Å². The number of anilines is 1. The summed E-state index contributed by atoms with van der Waals surface area (Å²) in [6, 6.07) is 3.79. The summed E-state index contributed by atoms with van der Waals surface area (Å²) in [7, 11) is 0. The third kappa shape index (κ3) is 4.86. The molecule has 0 aromatic heterocycles. The van der Waals surface area contributed by atoms with Crippen molar-refractivity contribution in [1.82, 2.24) is 0 Å². The minimum atomic E-state index is -4.62. The van der Waals surface area contributed by atoms with Crippen LogP contribution in [0.2, 0.25) is 0 Å². The number of hydrogen-bond acceptors (Lipinski definition) is 2. The maximum Gasteiger partial charge on any atom is 0.392 e. The number of carbonyl (C=O) groups excluding carboxylic acids is 1. The van der Waals surface area contributed by atoms with Crippen LogP contribution in [0.15, 0.2) is 41.5 Å². The number of carboxylic acid groups (broad SMARTS) is 1. The van der Waals surface area contributed by atoms with Crippen molar-refractivity contribution in [3.63, 3.8) is 0 Å². The van der Waals surface area contributed by atoms with Crippen LogP contribution in [-0.4, -0.2) is 23.2 Å². The summed E-state index contributed by atoms with van der Waals surface area (Å²) >= 11 is 5.83. The summed E-state index contributed by atoms with van der Waals surface area (Å²) in [6.07, 6.45) is 0.364. The monoisotopic (exact) mass is 445 g/mol. The smallest absolute Gasteiger partial charge is 0.392 e. The minimum absolute atomic E-state index is 0.152. The second-order valence-corrected chi connectivity index (χ2v) is 8.16. The van der Waals surface area contributed by atoms with Crippen molar-refractivity contribution in [3.05, 3.63) is 52.8 Å². The Morgan fingerprint density at radius 3 is 2.53 bits per heavy atom. The fourth-order valence-corrected chi connectivity index (χ4v) is 3.96. The first kappa shape index (κ1) is 22.3. The zero-order valence-electron chi connectivity index (χ0n) is 15.9. The topological polar surface area (TPSA) is 66.4 Å². The van der Waals surface area contributed by atoms with E-state index in [1.807, 2.05) is 0 Å². The van der Waals surface area contributed by atoms with Crippen molar-refractivity contribution in [2.24, 2.45) is 23.7 Å². The molecule has 1 saturated carbocycles. The molecule has 3 rings (SSSR count). The van der Waals surface area contributed by atoms with Crippen LogP contribution < -0.4 is 5.32 Å². The lowest BCUT2D eigenvalue weighted by atomic mass is 9.78. The van der Waals surface area contributed by atoms with Gasteiger partial charge in [-0.1, -0.05) is 36.7 Å². The van der Waals surface area contributed by atoms with Gasteiger partial charge in [-0.2, -0.15) is 13.2 Å². The second-order valence-electron chi connectivity index (χ2n) is 7.72. The van der Waals surface area contributed by atoms with E-state index in [0.717, 1.165) is 13.0 Å². The van der Waals surface area contributed by atoms with Crippen molar-refractivity contribution < 1.29 is 32.3 Å². The van der Waals surface area contributed by atoms with Gasteiger partial charge in [0, 0.05) is 5.03 Å². The summed E-state index contributed by atoms with van der Waals surface area (Å²) in [5.41, 5.74) is 0.257. The fourth-order valence-electron chi connectivity index (χ4n) is 3.79. The molecule has 0 aliphatic heterocycles. The molecule has 1 fully saturated rings. The summed E-state index contributed by atoms with van der Waals surface area (Å²) in [5, 5.41) is 11.7. The highest BCUT2D eigenvalue weighted by atomic mass is 35.5. The van der Waals surface area contributed by atoms with Crippen molar-refractivity contribution in [3.8, 4) is 0 Å². The number of rotatable bonds is 6. The highest BCUT2D eigenvalue weighted by Gasteiger charge is 2.47. The molecule has 3 unspecified atom stereocenters. The van der Waals surface area contributed by atoms with Gasteiger partial charge in [-0.25, -0.2) is 4.39 Å². The van der Waals surface area contributed by atoms with E-state index in [1.165, 1.54) is 30.4 Å². The predicted molar refractivity (Wildman–Crippen MR) is 103 cm³/mol. The van der Waals surface area contributed by atoms with Crippen molar-refractivity contribution in [2.45, 2.75) is 31.9 Å². The lowest BCUT2D eigenvalue weighted by Crippen LogP contribution is -2.40. The SMILES string of the molecule is C[C@H]([C@H](C(=O)Nc1cc(C2CC2C(=O)O)ccc1F)C1C=CC(Cl)=CC1)C(F)(F)F. The summed E-state index contributed by atoms with van der Waals surface area (Å²) < 4.78 is 54.6. The van der Waals surface area contributed by atoms with Gasteiger partial charge in [0.05, 0.1) is 23.4 Å². The first-order chi connectivity index (χ1) is 14.0.